The molecule has 0 aliphatic heterocycles. The molecular formula is C13H16ClN3O3. The van der Waals surface area contributed by atoms with E-state index in [-0.39, 0.29) is 28.8 Å². The van der Waals surface area contributed by atoms with E-state index in [0.29, 0.717) is 11.8 Å². The van der Waals surface area contributed by atoms with Crippen molar-refractivity contribution in [3.63, 3.8) is 0 Å². The molecule has 0 radical (unpaired) electrons. The van der Waals surface area contributed by atoms with Gasteiger partial charge >= 0.3 is 5.97 Å². The number of rotatable bonds is 3. The van der Waals surface area contributed by atoms with Gasteiger partial charge in [0.15, 0.2) is 0 Å². The predicted molar refractivity (Wildman–Crippen MR) is 72.9 cm³/mol. The molecule has 2 fully saturated rings. The van der Waals surface area contributed by atoms with E-state index in [9.17, 15) is 9.90 Å². The Morgan fingerprint density at radius 1 is 1.30 bits per heavy atom. The second-order valence-corrected chi connectivity index (χ2v) is 6.00. The summed E-state index contributed by atoms with van der Waals surface area (Å²) in [6.07, 6.45) is 4.61. The van der Waals surface area contributed by atoms with E-state index in [2.05, 4.69) is 15.3 Å². The first-order valence-corrected chi connectivity index (χ1v) is 7.11. The molecule has 2 aliphatic rings. The number of halogens is 1. The van der Waals surface area contributed by atoms with E-state index in [1.165, 1.54) is 6.20 Å². The van der Waals surface area contributed by atoms with Crippen LogP contribution in [0, 0.1) is 11.8 Å². The van der Waals surface area contributed by atoms with Gasteiger partial charge in [-0.05, 0) is 49.1 Å². The zero-order valence-corrected chi connectivity index (χ0v) is 11.5. The summed E-state index contributed by atoms with van der Waals surface area (Å²) < 4.78 is 0. The number of carbonyl (C=O) groups is 1. The first kappa shape index (κ1) is 13.6. The minimum absolute atomic E-state index is 0.0334. The summed E-state index contributed by atoms with van der Waals surface area (Å²) in [6, 6.07) is 0.182. The molecule has 0 aromatic carbocycles. The molecule has 20 heavy (non-hydrogen) atoms. The number of nitrogens with one attached hydrogen (secondary N) is 1. The highest BCUT2D eigenvalue weighted by atomic mass is 35.5. The highest BCUT2D eigenvalue weighted by molar-refractivity contribution is 6.28. The summed E-state index contributed by atoms with van der Waals surface area (Å²) in [5.41, 5.74) is 0.0338. The van der Waals surface area contributed by atoms with Crippen LogP contribution in [0.4, 0.5) is 5.82 Å². The van der Waals surface area contributed by atoms with Crippen LogP contribution in [-0.4, -0.2) is 38.3 Å². The maximum Gasteiger partial charge on any atom is 0.341 e. The van der Waals surface area contributed by atoms with E-state index < -0.39 is 5.97 Å². The van der Waals surface area contributed by atoms with Gasteiger partial charge in [0.25, 0.3) is 0 Å². The molecular weight excluding hydrogens is 282 g/mol. The lowest BCUT2D eigenvalue weighted by Crippen LogP contribution is -2.20. The van der Waals surface area contributed by atoms with Crippen LogP contribution < -0.4 is 5.32 Å². The minimum atomic E-state index is -1.07. The number of hydrogen-bond acceptors (Lipinski definition) is 5. The van der Waals surface area contributed by atoms with Crippen molar-refractivity contribution >= 4 is 23.4 Å². The van der Waals surface area contributed by atoms with Crippen LogP contribution in [0.25, 0.3) is 0 Å². The third kappa shape index (κ3) is 2.58. The van der Waals surface area contributed by atoms with Crippen LogP contribution in [0.5, 0.6) is 0 Å². The van der Waals surface area contributed by atoms with Crippen LogP contribution in [0.15, 0.2) is 6.20 Å². The molecule has 2 unspecified atom stereocenters. The van der Waals surface area contributed by atoms with Gasteiger partial charge in [-0.25, -0.2) is 9.78 Å². The van der Waals surface area contributed by atoms with E-state index in [0.717, 1.165) is 25.7 Å². The molecule has 1 aromatic rings. The Bertz CT molecular complexity index is 526. The van der Waals surface area contributed by atoms with Gasteiger partial charge in [-0.1, -0.05) is 0 Å². The summed E-state index contributed by atoms with van der Waals surface area (Å²) in [7, 11) is 0. The fourth-order valence-corrected chi connectivity index (χ4v) is 3.66. The highest BCUT2D eigenvalue weighted by Gasteiger charge is 2.41. The van der Waals surface area contributed by atoms with Gasteiger partial charge in [0, 0.05) is 12.2 Å². The molecule has 7 heteroatoms. The molecule has 3 rings (SSSR count). The van der Waals surface area contributed by atoms with E-state index in [1.807, 2.05) is 0 Å². The molecule has 2 saturated carbocycles. The maximum atomic E-state index is 11.1. The minimum Gasteiger partial charge on any atom is -0.477 e. The third-order valence-corrected chi connectivity index (χ3v) is 4.50. The lowest BCUT2D eigenvalue weighted by atomic mass is 10.0. The van der Waals surface area contributed by atoms with Crippen molar-refractivity contribution in [2.75, 3.05) is 5.32 Å². The normalized spacial score (nSPS) is 32.1. The van der Waals surface area contributed by atoms with Crippen LogP contribution in [0.2, 0.25) is 5.28 Å². The Morgan fingerprint density at radius 2 is 1.95 bits per heavy atom. The van der Waals surface area contributed by atoms with Gasteiger partial charge < -0.3 is 15.5 Å². The number of aromatic carboxylic acids is 1. The summed E-state index contributed by atoms with van der Waals surface area (Å²) in [5, 5.41) is 22.0. The van der Waals surface area contributed by atoms with Gasteiger partial charge in [0.2, 0.25) is 5.28 Å². The molecule has 0 bridgehead atoms. The van der Waals surface area contributed by atoms with Crippen molar-refractivity contribution in [3.8, 4) is 0 Å². The fraction of sp³-hybridized carbons (Fsp3) is 0.615. The molecule has 2 aliphatic carbocycles. The Morgan fingerprint density at radius 3 is 2.55 bits per heavy atom. The number of aromatic nitrogens is 2. The average molecular weight is 298 g/mol. The van der Waals surface area contributed by atoms with Crippen LogP contribution >= 0.6 is 11.6 Å². The first-order valence-electron chi connectivity index (χ1n) is 6.73. The standard InChI is InChI=1S/C13H16ClN3O3/c14-13-15-5-10(12(19)20)11(17-13)16-8-1-6-3-9(18)4-7(6)2-8/h5-9,18H,1-4H2,(H,19,20)(H,15,16,17). The van der Waals surface area contributed by atoms with Gasteiger partial charge in [-0.15, -0.1) is 0 Å². The number of hydrogen-bond donors (Lipinski definition) is 3. The molecule has 2 atom stereocenters. The molecule has 0 amide bonds. The maximum absolute atomic E-state index is 11.1. The highest BCUT2D eigenvalue weighted by Crippen LogP contribution is 2.44. The van der Waals surface area contributed by atoms with Crippen LogP contribution in [0.3, 0.4) is 0 Å². The molecule has 3 N–H and O–H groups in total. The summed E-state index contributed by atoms with van der Waals surface area (Å²) in [5.74, 6) is 0.252. The zero-order chi connectivity index (χ0) is 14.3. The Labute approximate surface area is 121 Å². The summed E-state index contributed by atoms with van der Waals surface area (Å²) >= 11 is 5.73. The smallest absolute Gasteiger partial charge is 0.341 e. The number of aliphatic hydroxyl groups is 1. The number of carboxylic acid groups (broad SMARTS) is 1. The van der Waals surface area contributed by atoms with Crippen molar-refractivity contribution in [3.05, 3.63) is 17.0 Å². The summed E-state index contributed by atoms with van der Waals surface area (Å²) in [4.78, 5) is 18.8. The number of nitrogens with zero attached hydrogens (tertiary/aromatic N) is 2. The molecule has 0 saturated heterocycles. The van der Waals surface area contributed by atoms with Gasteiger partial charge in [-0.3, -0.25) is 0 Å². The number of carboxylic acids is 1. The quantitative estimate of drug-likeness (QED) is 0.736. The second-order valence-electron chi connectivity index (χ2n) is 5.66. The largest absolute Gasteiger partial charge is 0.477 e. The van der Waals surface area contributed by atoms with Crippen molar-refractivity contribution in [1.82, 2.24) is 9.97 Å². The fourth-order valence-electron chi connectivity index (χ4n) is 3.52. The number of aliphatic hydroxyl groups excluding tert-OH is 1. The first-order chi connectivity index (χ1) is 9.52. The van der Waals surface area contributed by atoms with Gasteiger partial charge in [0.05, 0.1) is 6.10 Å². The predicted octanol–water partition coefficient (Wildman–Crippen LogP) is 1.79. The lowest BCUT2D eigenvalue weighted by molar-refractivity contribution is 0.0697. The number of anilines is 1. The Balaban J connectivity index is 1.73. The summed E-state index contributed by atoms with van der Waals surface area (Å²) in [6.45, 7) is 0. The monoisotopic (exact) mass is 297 g/mol. The van der Waals surface area contributed by atoms with E-state index >= 15 is 0 Å². The van der Waals surface area contributed by atoms with E-state index in [4.69, 9.17) is 16.7 Å². The van der Waals surface area contributed by atoms with Crippen molar-refractivity contribution in [2.45, 2.75) is 37.8 Å². The number of fused-ring (bicyclic) bond motifs is 1. The molecule has 6 nitrogen and oxygen atoms in total. The Hall–Kier alpha value is -1.40. The zero-order valence-electron chi connectivity index (χ0n) is 10.8. The van der Waals surface area contributed by atoms with E-state index in [1.54, 1.807) is 0 Å². The van der Waals surface area contributed by atoms with Crippen molar-refractivity contribution < 1.29 is 15.0 Å². The SMILES string of the molecule is O=C(O)c1cnc(Cl)nc1NC1CC2CC(O)CC2C1. The molecule has 1 heterocycles. The lowest BCUT2D eigenvalue weighted by Gasteiger charge is -2.16. The Kier molecular flexibility index (Phi) is 3.52. The molecule has 1 aromatic heterocycles. The van der Waals surface area contributed by atoms with Crippen LogP contribution in [-0.2, 0) is 0 Å². The van der Waals surface area contributed by atoms with Crippen molar-refractivity contribution in [2.24, 2.45) is 11.8 Å². The van der Waals surface area contributed by atoms with Gasteiger partial charge in [-0.2, -0.15) is 4.98 Å². The second kappa shape index (κ2) is 5.18. The topological polar surface area (TPSA) is 95.3 Å². The van der Waals surface area contributed by atoms with Crippen molar-refractivity contribution in [1.29, 1.82) is 0 Å². The molecule has 0 spiro atoms. The molecule has 108 valence electrons. The van der Waals surface area contributed by atoms with Gasteiger partial charge in [0.1, 0.15) is 11.4 Å². The third-order valence-electron chi connectivity index (χ3n) is 4.32. The van der Waals surface area contributed by atoms with Crippen LogP contribution in [0.1, 0.15) is 36.0 Å². The average Bonchev–Trinajstić information content (AvgIpc) is 2.85.